The van der Waals surface area contributed by atoms with Crippen molar-refractivity contribution in [3.8, 4) is 17.2 Å². The SMILES string of the molecule is CN1CCCC1CCNC(=O)c1cn2c3c(c(N4CCCC4)c(F)cc3c1=O)Oc1cc3ccccc3cc1-2. The van der Waals surface area contributed by atoms with Crippen molar-refractivity contribution in [2.45, 2.75) is 38.1 Å². The Balaban J connectivity index is 1.38. The van der Waals surface area contributed by atoms with Gasteiger partial charge in [0.15, 0.2) is 17.3 Å². The highest BCUT2D eigenvalue weighted by Gasteiger charge is 2.31. The standard InChI is InChI=1S/C31H31FN4O3/c1-34-12-6-9-21(34)10-11-33-31(38)23-18-36-25-15-19-7-2-3-8-20(19)16-26(25)39-30-27(36)22(29(23)37)17-24(32)28(30)35-13-4-5-14-35/h2-3,7-8,15-18,21H,4-6,9-14H2,1H3,(H,33,38). The zero-order valence-corrected chi connectivity index (χ0v) is 22.0. The lowest BCUT2D eigenvalue weighted by Crippen LogP contribution is -2.34. The number of carbonyl (C=O) groups is 1. The van der Waals surface area contributed by atoms with Crippen LogP contribution < -0.4 is 20.4 Å². The molecule has 1 aromatic heterocycles. The van der Waals surface area contributed by atoms with Crippen molar-refractivity contribution in [1.29, 1.82) is 0 Å². The molecule has 7 rings (SSSR count). The lowest BCUT2D eigenvalue weighted by atomic mass is 10.0. The monoisotopic (exact) mass is 526 g/mol. The van der Waals surface area contributed by atoms with Crippen LogP contribution in [-0.4, -0.2) is 54.6 Å². The molecular formula is C31H31FN4O3. The molecule has 0 aliphatic carbocycles. The molecular weight excluding hydrogens is 495 g/mol. The Kier molecular flexibility index (Phi) is 5.81. The molecule has 0 saturated carbocycles. The molecule has 3 aliphatic heterocycles. The van der Waals surface area contributed by atoms with Gasteiger partial charge in [-0.25, -0.2) is 4.39 Å². The van der Waals surface area contributed by atoms with Crippen LogP contribution in [0.5, 0.6) is 11.5 Å². The number of ether oxygens (including phenoxy) is 1. The fourth-order valence-electron chi connectivity index (χ4n) is 6.48. The van der Waals surface area contributed by atoms with Gasteiger partial charge in [0, 0.05) is 31.9 Å². The second-order valence-corrected chi connectivity index (χ2v) is 11.0. The maximum Gasteiger partial charge on any atom is 0.256 e. The minimum absolute atomic E-state index is 0.00237. The Morgan fingerprint density at radius 3 is 2.59 bits per heavy atom. The molecule has 4 heterocycles. The van der Waals surface area contributed by atoms with Gasteiger partial charge in [-0.05, 0) is 74.7 Å². The lowest BCUT2D eigenvalue weighted by Gasteiger charge is -2.29. The normalized spacial score (nSPS) is 18.5. The minimum atomic E-state index is -0.505. The van der Waals surface area contributed by atoms with Crippen molar-refractivity contribution in [1.82, 2.24) is 14.8 Å². The van der Waals surface area contributed by atoms with Gasteiger partial charge in [-0.1, -0.05) is 24.3 Å². The first-order chi connectivity index (χ1) is 19.0. The van der Waals surface area contributed by atoms with Gasteiger partial charge in [-0.15, -0.1) is 0 Å². The fraction of sp³-hybridized carbons (Fsp3) is 0.355. The topological polar surface area (TPSA) is 66.8 Å². The molecule has 2 fully saturated rings. The third-order valence-electron chi connectivity index (χ3n) is 8.57. The van der Waals surface area contributed by atoms with E-state index >= 15 is 4.39 Å². The molecule has 1 N–H and O–H groups in total. The molecule has 3 aliphatic rings. The number of nitrogens with zero attached hydrogens (tertiary/aromatic N) is 3. The second-order valence-electron chi connectivity index (χ2n) is 11.0. The number of hydrogen-bond acceptors (Lipinski definition) is 5. The summed E-state index contributed by atoms with van der Waals surface area (Å²) in [4.78, 5) is 31.3. The highest BCUT2D eigenvalue weighted by atomic mass is 19.1. The fourth-order valence-corrected chi connectivity index (χ4v) is 6.48. The average Bonchev–Trinajstić information content (AvgIpc) is 3.61. The summed E-state index contributed by atoms with van der Waals surface area (Å²) in [6.07, 6.45) is 6.65. The van der Waals surface area contributed by atoms with E-state index in [1.807, 2.05) is 45.9 Å². The predicted octanol–water partition coefficient (Wildman–Crippen LogP) is 5.20. The number of rotatable bonds is 5. The summed E-state index contributed by atoms with van der Waals surface area (Å²) in [6, 6.07) is 13.6. The van der Waals surface area contributed by atoms with Crippen LogP contribution in [0.4, 0.5) is 10.1 Å². The highest BCUT2D eigenvalue weighted by molar-refractivity contribution is 6.02. The van der Waals surface area contributed by atoms with Crippen molar-refractivity contribution in [3.63, 3.8) is 0 Å². The van der Waals surface area contributed by atoms with Crippen molar-refractivity contribution >= 4 is 33.3 Å². The van der Waals surface area contributed by atoms with E-state index in [-0.39, 0.29) is 10.9 Å². The summed E-state index contributed by atoms with van der Waals surface area (Å²) < 4.78 is 24.0. The maximum absolute atomic E-state index is 15.8. The van der Waals surface area contributed by atoms with E-state index in [0.29, 0.717) is 41.0 Å². The first-order valence-corrected chi connectivity index (χ1v) is 13.9. The molecule has 8 heteroatoms. The van der Waals surface area contributed by atoms with Gasteiger partial charge in [-0.3, -0.25) is 9.59 Å². The lowest BCUT2D eigenvalue weighted by molar-refractivity contribution is 0.0949. The van der Waals surface area contributed by atoms with Gasteiger partial charge >= 0.3 is 0 Å². The smallest absolute Gasteiger partial charge is 0.256 e. The van der Waals surface area contributed by atoms with Gasteiger partial charge in [0.1, 0.15) is 16.8 Å². The Morgan fingerprint density at radius 2 is 1.85 bits per heavy atom. The highest BCUT2D eigenvalue weighted by Crippen LogP contribution is 2.48. The number of benzene rings is 3. The molecule has 0 radical (unpaired) electrons. The number of amides is 1. The van der Waals surface area contributed by atoms with E-state index in [4.69, 9.17) is 4.74 Å². The summed E-state index contributed by atoms with van der Waals surface area (Å²) in [5.74, 6) is -0.0457. The third-order valence-corrected chi connectivity index (χ3v) is 8.57. The maximum atomic E-state index is 15.8. The number of aromatic nitrogens is 1. The van der Waals surface area contributed by atoms with Crippen LogP contribution in [0.1, 0.15) is 42.5 Å². The van der Waals surface area contributed by atoms with Crippen LogP contribution in [0, 0.1) is 5.82 Å². The summed E-state index contributed by atoms with van der Waals surface area (Å²) in [5, 5.41) is 5.09. The first kappa shape index (κ1) is 24.2. The summed E-state index contributed by atoms with van der Waals surface area (Å²) in [5.41, 5.74) is 1.10. The molecule has 0 bridgehead atoms. The first-order valence-electron chi connectivity index (χ1n) is 13.9. The average molecular weight is 527 g/mol. The van der Waals surface area contributed by atoms with Gasteiger partial charge in [-0.2, -0.15) is 0 Å². The van der Waals surface area contributed by atoms with Crippen molar-refractivity contribution < 1.29 is 13.9 Å². The van der Waals surface area contributed by atoms with E-state index in [9.17, 15) is 9.59 Å². The Morgan fingerprint density at radius 1 is 1.08 bits per heavy atom. The van der Waals surface area contributed by atoms with E-state index in [1.54, 1.807) is 6.20 Å². The molecule has 1 atom stereocenters. The molecule has 3 aromatic carbocycles. The minimum Gasteiger partial charge on any atom is -0.451 e. The van der Waals surface area contributed by atoms with Crippen molar-refractivity contribution in [3.05, 3.63) is 70.3 Å². The van der Waals surface area contributed by atoms with Crippen LogP contribution in [-0.2, 0) is 0 Å². The number of anilines is 1. The number of pyridine rings is 1. The number of fused-ring (bicyclic) bond motifs is 3. The number of halogens is 1. The second kappa shape index (κ2) is 9.38. The van der Waals surface area contributed by atoms with Crippen LogP contribution in [0.25, 0.3) is 27.4 Å². The van der Waals surface area contributed by atoms with Crippen molar-refractivity contribution in [2.75, 3.05) is 38.1 Å². The predicted molar refractivity (Wildman–Crippen MR) is 151 cm³/mol. The largest absolute Gasteiger partial charge is 0.451 e. The van der Waals surface area contributed by atoms with E-state index in [1.165, 1.54) is 6.07 Å². The number of nitrogens with one attached hydrogen (secondary N) is 1. The molecule has 39 heavy (non-hydrogen) atoms. The Hall–Kier alpha value is -3.91. The summed E-state index contributed by atoms with van der Waals surface area (Å²) in [7, 11) is 2.10. The Labute approximate surface area is 225 Å². The van der Waals surface area contributed by atoms with Crippen LogP contribution in [0.2, 0.25) is 0 Å². The number of carbonyl (C=O) groups excluding carboxylic acids is 1. The van der Waals surface area contributed by atoms with Crippen molar-refractivity contribution in [2.24, 2.45) is 0 Å². The number of likely N-dealkylation sites (tertiary alicyclic amines) is 1. The van der Waals surface area contributed by atoms with E-state index < -0.39 is 17.2 Å². The molecule has 200 valence electrons. The van der Waals surface area contributed by atoms with Crippen LogP contribution in [0.15, 0.2) is 53.5 Å². The zero-order chi connectivity index (χ0) is 26.7. The molecule has 7 nitrogen and oxygen atoms in total. The zero-order valence-electron chi connectivity index (χ0n) is 22.0. The van der Waals surface area contributed by atoms with Gasteiger partial charge in [0.25, 0.3) is 5.91 Å². The third kappa shape index (κ3) is 3.97. The molecule has 0 spiro atoms. The molecule has 1 unspecified atom stereocenters. The van der Waals surface area contributed by atoms with Crippen LogP contribution >= 0.6 is 0 Å². The summed E-state index contributed by atoms with van der Waals surface area (Å²) in [6.45, 7) is 3.00. The quantitative estimate of drug-likeness (QED) is 0.341. The molecule has 1 amide bonds. The molecule has 4 aromatic rings. The van der Waals surface area contributed by atoms with E-state index in [2.05, 4.69) is 17.3 Å². The van der Waals surface area contributed by atoms with Gasteiger partial charge < -0.3 is 24.4 Å². The van der Waals surface area contributed by atoms with Gasteiger partial charge in [0.2, 0.25) is 5.43 Å². The number of hydrogen-bond donors (Lipinski definition) is 1. The van der Waals surface area contributed by atoms with E-state index in [0.717, 1.165) is 62.5 Å². The Bertz CT molecular complexity index is 1690. The molecule has 2 saturated heterocycles. The van der Waals surface area contributed by atoms with Crippen LogP contribution in [0.3, 0.4) is 0 Å². The van der Waals surface area contributed by atoms with Gasteiger partial charge in [0.05, 0.1) is 11.1 Å². The summed E-state index contributed by atoms with van der Waals surface area (Å²) >= 11 is 0.